The third kappa shape index (κ3) is 12.5. The van der Waals surface area contributed by atoms with Crippen LogP contribution < -0.4 is 10.6 Å². The van der Waals surface area contributed by atoms with Gasteiger partial charge in [-0.3, -0.25) is 9.59 Å². The Balaban J connectivity index is 1.81. The van der Waals surface area contributed by atoms with Crippen molar-refractivity contribution in [3.8, 4) is 0 Å². The van der Waals surface area contributed by atoms with Gasteiger partial charge in [0.2, 0.25) is 11.8 Å². The minimum Gasteiger partial charge on any atom is -0.462 e. The molecule has 220 valence electrons. The summed E-state index contributed by atoms with van der Waals surface area (Å²) in [5.41, 5.74) is 1.71. The van der Waals surface area contributed by atoms with Crippen LogP contribution in [-0.4, -0.2) is 66.2 Å². The largest absolute Gasteiger partial charge is 0.462 e. The maximum absolute atomic E-state index is 13.0. The highest BCUT2D eigenvalue weighted by Gasteiger charge is 2.25. The lowest BCUT2D eigenvalue weighted by molar-refractivity contribution is -0.146. The Labute approximate surface area is 241 Å². The highest BCUT2D eigenvalue weighted by molar-refractivity contribution is 5.86. The van der Waals surface area contributed by atoms with Crippen molar-refractivity contribution in [1.82, 2.24) is 15.5 Å². The molecule has 0 bridgehead atoms. The van der Waals surface area contributed by atoms with Crippen LogP contribution in [0.25, 0.3) is 0 Å². The van der Waals surface area contributed by atoms with Crippen molar-refractivity contribution in [3.63, 3.8) is 0 Å². The maximum Gasteiger partial charge on any atom is 0.408 e. The molecule has 2 aromatic rings. The Morgan fingerprint density at radius 2 is 1.54 bits per heavy atom. The summed E-state index contributed by atoms with van der Waals surface area (Å²) in [6, 6.07) is 17.5. The molecule has 0 spiro atoms. The number of rotatable bonds is 18. The number of hydrogen-bond donors (Lipinski definition) is 3. The Morgan fingerprint density at radius 1 is 0.902 bits per heavy atom. The molecule has 0 fully saturated rings. The summed E-state index contributed by atoms with van der Waals surface area (Å²) in [5.74, 6) is -2.03. The number of carbonyl (C=O) groups excluding carboxylic acids is 4. The van der Waals surface area contributed by atoms with E-state index in [4.69, 9.17) is 9.47 Å². The summed E-state index contributed by atoms with van der Waals surface area (Å²) in [6.45, 7) is 7.46. The van der Waals surface area contributed by atoms with Crippen LogP contribution in [0, 0.1) is 5.92 Å². The van der Waals surface area contributed by atoms with Gasteiger partial charge in [-0.1, -0.05) is 72.8 Å². The number of nitrogens with one attached hydrogen (secondary N) is 2. The Hall–Kier alpha value is -4.44. The number of amides is 3. The molecule has 10 heteroatoms. The molecule has 0 heterocycles. The van der Waals surface area contributed by atoms with E-state index < -0.39 is 24.0 Å². The van der Waals surface area contributed by atoms with Crippen molar-refractivity contribution in [2.75, 3.05) is 26.3 Å². The van der Waals surface area contributed by atoms with Crippen LogP contribution in [0.3, 0.4) is 0 Å². The topological polar surface area (TPSA) is 134 Å². The smallest absolute Gasteiger partial charge is 0.408 e. The monoisotopic (exact) mass is 565 g/mol. The van der Waals surface area contributed by atoms with Gasteiger partial charge in [0.1, 0.15) is 19.3 Å². The van der Waals surface area contributed by atoms with Crippen LogP contribution in [0.15, 0.2) is 86.0 Å². The first-order chi connectivity index (χ1) is 19.9. The Bertz CT molecular complexity index is 1130. The van der Waals surface area contributed by atoms with E-state index in [1.165, 1.54) is 11.0 Å². The lowest BCUT2D eigenvalue weighted by Crippen LogP contribution is -2.43. The minimum atomic E-state index is -1.00. The van der Waals surface area contributed by atoms with Crippen LogP contribution in [0.4, 0.5) is 4.79 Å². The van der Waals surface area contributed by atoms with E-state index in [0.717, 1.165) is 11.1 Å². The summed E-state index contributed by atoms with van der Waals surface area (Å²) in [5, 5.41) is 14.6. The third-order valence-electron chi connectivity index (χ3n) is 6.02. The van der Waals surface area contributed by atoms with Crippen molar-refractivity contribution >= 4 is 23.9 Å². The van der Waals surface area contributed by atoms with Crippen molar-refractivity contribution in [1.29, 1.82) is 0 Å². The minimum absolute atomic E-state index is 0.00996. The number of carbonyl (C=O) groups is 4. The molecule has 2 aromatic carbocycles. The zero-order valence-electron chi connectivity index (χ0n) is 23.2. The highest BCUT2D eigenvalue weighted by atomic mass is 16.6. The average Bonchev–Trinajstić information content (AvgIpc) is 2.98. The van der Waals surface area contributed by atoms with E-state index in [1.807, 2.05) is 60.7 Å². The van der Waals surface area contributed by atoms with Crippen LogP contribution in [0.1, 0.15) is 30.4 Å². The van der Waals surface area contributed by atoms with Crippen LogP contribution >= 0.6 is 0 Å². The van der Waals surface area contributed by atoms with Crippen molar-refractivity contribution in [2.45, 2.75) is 38.5 Å². The molecule has 0 aliphatic heterocycles. The second kappa shape index (κ2) is 18.8. The van der Waals surface area contributed by atoms with E-state index in [-0.39, 0.29) is 64.0 Å². The van der Waals surface area contributed by atoms with Crippen molar-refractivity contribution in [2.24, 2.45) is 5.92 Å². The van der Waals surface area contributed by atoms with Gasteiger partial charge in [0.25, 0.3) is 0 Å². The number of alkyl carbamates (subject to hydrolysis) is 1. The maximum atomic E-state index is 13.0. The first-order valence-corrected chi connectivity index (χ1v) is 13.4. The van der Waals surface area contributed by atoms with Gasteiger partial charge in [-0.2, -0.15) is 0 Å². The number of aliphatic hydroxyl groups is 1. The Morgan fingerprint density at radius 3 is 2.15 bits per heavy atom. The molecule has 0 aromatic heterocycles. The number of benzene rings is 2. The molecule has 0 saturated carbocycles. The van der Waals surface area contributed by atoms with E-state index in [0.29, 0.717) is 6.54 Å². The van der Waals surface area contributed by atoms with E-state index in [1.54, 1.807) is 6.08 Å². The Kier molecular flexibility index (Phi) is 15.0. The van der Waals surface area contributed by atoms with Gasteiger partial charge in [0.05, 0.1) is 19.1 Å². The predicted octanol–water partition coefficient (Wildman–Crippen LogP) is 3.12. The normalized spacial score (nSPS) is 11.8. The molecule has 2 rings (SSSR count). The zero-order chi connectivity index (χ0) is 29.9. The lowest BCUT2D eigenvalue weighted by Gasteiger charge is -2.24. The zero-order valence-corrected chi connectivity index (χ0v) is 23.2. The standard InChI is InChI=1S/C31H39N3O7/c1-3-11-26(21-28(36)34(18-19-35)22-24-13-7-5-8-14-24)29(37)32-17-20-40-30(38)27(12-4-2)33-31(39)41-23-25-15-9-6-10-16-25/h3-10,13-16,26-27,35H,1-2,11-12,17-23H2,(H,32,37)(H,33,39)/t26-,27-/m1/s1. The SMILES string of the molecule is C=CC[C@H](CC(=O)N(CCO)Cc1ccccc1)C(=O)NCCOC(=O)[C@@H](CC=C)NC(=O)OCc1ccccc1. The first kappa shape index (κ1) is 32.8. The molecular formula is C31H39N3O7. The van der Waals surface area contributed by atoms with Crippen LogP contribution in [-0.2, 0) is 37.0 Å². The number of nitrogens with zero attached hydrogens (tertiary/aromatic N) is 1. The number of esters is 1. The molecule has 3 amide bonds. The quantitative estimate of drug-likeness (QED) is 0.144. The molecule has 0 aliphatic rings. The molecule has 0 aliphatic carbocycles. The van der Waals surface area contributed by atoms with Crippen molar-refractivity contribution in [3.05, 3.63) is 97.1 Å². The highest BCUT2D eigenvalue weighted by Crippen LogP contribution is 2.14. The number of hydrogen-bond acceptors (Lipinski definition) is 7. The fourth-order valence-corrected chi connectivity index (χ4v) is 3.90. The van der Waals surface area contributed by atoms with Gasteiger partial charge in [-0.15, -0.1) is 13.2 Å². The van der Waals surface area contributed by atoms with Gasteiger partial charge in [0, 0.05) is 19.5 Å². The predicted molar refractivity (Wildman–Crippen MR) is 154 cm³/mol. The molecule has 41 heavy (non-hydrogen) atoms. The van der Waals surface area contributed by atoms with Gasteiger partial charge in [-0.05, 0) is 24.0 Å². The molecule has 10 nitrogen and oxygen atoms in total. The van der Waals surface area contributed by atoms with E-state index in [2.05, 4.69) is 23.8 Å². The second-order valence-electron chi connectivity index (χ2n) is 9.19. The lowest BCUT2D eigenvalue weighted by atomic mass is 9.99. The molecular weight excluding hydrogens is 526 g/mol. The molecule has 3 N–H and O–H groups in total. The fourth-order valence-electron chi connectivity index (χ4n) is 3.90. The van der Waals surface area contributed by atoms with E-state index >= 15 is 0 Å². The number of aliphatic hydroxyl groups excluding tert-OH is 1. The molecule has 0 saturated heterocycles. The molecule has 0 unspecified atom stereocenters. The number of allylic oxidation sites excluding steroid dienone is 1. The first-order valence-electron chi connectivity index (χ1n) is 13.4. The fraction of sp³-hybridized carbons (Fsp3) is 0.355. The van der Waals surface area contributed by atoms with Gasteiger partial charge < -0.3 is 30.1 Å². The summed E-state index contributed by atoms with van der Waals surface area (Å²) >= 11 is 0. The van der Waals surface area contributed by atoms with Gasteiger partial charge >= 0.3 is 12.1 Å². The number of ether oxygens (including phenoxy) is 2. The van der Waals surface area contributed by atoms with Crippen LogP contribution in [0.5, 0.6) is 0 Å². The van der Waals surface area contributed by atoms with Crippen molar-refractivity contribution < 1.29 is 33.8 Å². The third-order valence-corrected chi connectivity index (χ3v) is 6.02. The molecule has 2 atom stereocenters. The summed E-state index contributed by atoms with van der Waals surface area (Å²) < 4.78 is 10.4. The average molecular weight is 566 g/mol. The summed E-state index contributed by atoms with van der Waals surface area (Å²) in [6.07, 6.45) is 2.59. The van der Waals surface area contributed by atoms with Crippen LogP contribution in [0.2, 0.25) is 0 Å². The van der Waals surface area contributed by atoms with E-state index in [9.17, 15) is 24.3 Å². The van der Waals surface area contributed by atoms with Gasteiger partial charge in [0.15, 0.2) is 0 Å². The second-order valence-corrected chi connectivity index (χ2v) is 9.19. The molecule has 0 radical (unpaired) electrons. The summed E-state index contributed by atoms with van der Waals surface area (Å²) in [4.78, 5) is 52.0. The summed E-state index contributed by atoms with van der Waals surface area (Å²) in [7, 11) is 0. The van der Waals surface area contributed by atoms with Gasteiger partial charge in [-0.25, -0.2) is 9.59 Å².